The van der Waals surface area contributed by atoms with Gasteiger partial charge in [0.15, 0.2) is 0 Å². The Morgan fingerprint density at radius 2 is 1.76 bits per heavy atom. The van der Waals surface area contributed by atoms with Gasteiger partial charge >= 0.3 is 6.03 Å². The summed E-state index contributed by atoms with van der Waals surface area (Å²) in [6.07, 6.45) is 5.77. The number of urea groups is 1. The summed E-state index contributed by atoms with van der Waals surface area (Å²) < 4.78 is 18.9. The number of fused-ring (bicyclic) bond motifs is 1. The van der Waals surface area contributed by atoms with E-state index in [1.807, 2.05) is 30.3 Å². The van der Waals surface area contributed by atoms with E-state index in [1.54, 1.807) is 13.2 Å². The fourth-order valence-electron chi connectivity index (χ4n) is 4.87. The summed E-state index contributed by atoms with van der Waals surface area (Å²) in [6.45, 7) is 0.442. The van der Waals surface area contributed by atoms with E-state index in [9.17, 15) is 14.0 Å². The molecular weight excluding hydrogens is 421 g/mol. The fraction of sp³-hybridized carbons (Fsp3) is 0.462. The van der Waals surface area contributed by atoms with Gasteiger partial charge in [-0.2, -0.15) is 0 Å². The summed E-state index contributed by atoms with van der Waals surface area (Å²) in [5, 5.41) is 9.07. The lowest BCUT2D eigenvalue weighted by Gasteiger charge is -2.31. The van der Waals surface area contributed by atoms with Gasteiger partial charge in [-0.05, 0) is 85.9 Å². The molecule has 1 atom stereocenters. The van der Waals surface area contributed by atoms with Gasteiger partial charge in [-0.15, -0.1) is 0 Å². The Morgan fingerprint density at radius 3 is 2.48 bits per heavy atom. The average molecular weight is 454 g/mol. The molecule has 3 amide bonds. The zero-order valence-electron chi connectivity index (χ0n) is 19.0. The molecule has 7 heteroatoms. The number of hydrogen-bond acceptors (Lipinski definition) is 3. The molecule has 0 unspecified atom stereocenters. The molecule has 2 aromatic rings. The molecule has 0 aromatic heterocycles. The number of rotatable bonds is 6. The number of carbonyl (C=O) groups is 2. The lowest BCUT2D eigenvalue weighted by molar-refractivity contribution is -0.126. The third-order valence-electron chi connectivity index (χ3n) is 6.78. The maximum atomic E-state index is 13.7. The van der Waals surface area contributed by atoms with E-state index in [2.05, 4.69) is 16.0 Å². The summed E-state index contributed by atoms with van der Waals surface area (Å²) >= 11 is 0. The van der Waals surface area contributed by atoms with E-state index in [1.165, 1.54) is 6.07 Å². The van der Waals surface area contributed by atoms with Crippen LogP contribution in [-0.2, 0) is 17.8 Å². The number of ether oxygens (including phenoxy) is 1. The second-order valence-electron chi connectivity index (χ2n) is 9.02. The van der Waals surface area contributed by atoms with Crippen LogP contribution in [-0.4, -0.2) is 25.1 Å². The number of hydrogen-bond donors (Lipinski definition) is 3. The molecular formula is C26H32FN3O3. The molecule has 0 aliphatic heterocycles. The van der Waals surface area contributed by atoms with Crippen molar-refractivity contribution >= 4 is 11.9 Å². The smallest absolute Gasteiger partial charge is 0.315 e. The van der Waals surface area contributed by atoms with Crippen molar-refractivity contribution in [2.24, 2.45) is 5.92 Å². The molecule has 1 fully saturated rings. The largest absolute Gasteiger partial charge is 0.497 e. The van der Waals surface area contributed by atoms with Gasteiger partial charge in [0.05, 0.1) is 13.2 Å². The molecule has 33 heavy (non-hydrogen) atoms. The van der Waals surface area contributed by atoms with Crippen LogP contribution >= 0.6 is 0 Å². The van der Waals surface area contributed by atoms with Gasteiger partial charge < -0.3 is 20.7 Å². The molecule has 4 rings (SSSR count). The van der Waals surface area contributed by atoms with Crippen LogP contribution in [0, 0.1) is 11.7 Å². The number of aryl methyl sites for hydroxylation is 1. The third-order valence-corrected chi connectivity index (χ3v) is 6.78. The van der Waals surface area contributed by atoms with Crippen LogP contribution in [0.1, 0.15) is 61.3 Å². The molecule has 2 aromatic carbocycles. The first-order valence-corrected chi connectivity index (χ1v) is 11.8. The first kappa shape index (κ1) is 23.1. The van der Waals surface area contributed by atoms with Gasteiger partial charge in [0.1, 0.15) is 11.6 Å². The van der Waals surface area contributed by atoms with Crippen LogP contribution < -0.4 is 20.7 Å². The standard InChI is InChI=1S/C26H32FN3O3/c1-33-22-13-5-17(6-14-22)16-28-26(32)29-21-11-8-19(9-12-21)25(31)30-24-4-2-3-18-7-10-20(27)15-23(18)24/h5-7,10,13-15,19,21,24H,2-4,8-9,11-12,16H2,1H3,(H,30,31)(H2,28,29,32)/t19?,21?,24-/m0/s1. The van der Waals surface area contributed by atoms with E-state index in [0.717, 1.165) is 67.4 Å². The fourth-order valence-corrected chi connectivity index (χ4v) is 4.87. The normalized spacial score (nSPS) is 22.1. The van der Waals surface area contributed by atoms with Gasteiger partial charge in [0.25, 0.3) is 0 Å². The first-order valence-electron chi connectivity index (χ1n) is 11.8. The minimum atomic E-state index is -0.258. The van der Waals surface area contributed by atoms with Crippen molar-refractivity contribution in [3.8, 4) is 5.75 Å². The monoisotopic (exact) mass is 453 g/mol. The van der Waals surface area contributed by atoms with Crippen LogP contribution in [0.5, 0.6) is 5.75 Å². The van der Waals surface area contributed by atoms with Gasteiger partial charge in [0, 0.05) is 18.5 Å². The quantitative estimate of drug-likeness (QED) is 0.607. The number of benzene rings is 2. The Bertz CT molecular complexity index is 971. The van der Waals surface area contributed by atoms with E-state index in [-0.39, 0.29) is 35.8 Å². The molecule has 0 heterocycles. The van der Waals surface area contributed by atoms with E-state index in [0.29, 0.717) is 6.54 Å². The van der Waals surface area contributed by atoms with Crippen molar-refractivity contribution in [1.82, 2.24) is 16.0 Å². The highest BCUT2D eigenvalue weighted by atomic mass is 19.1. The highest BCUT2D eigenvalue weighted by Crippen LogP contribution is 2.32. The maximum Gasteiger partial charge on any atom is 0.315 e. The molecule has 176 valence electrons. The highest BCUT2D eigenvalue weighted by Gasteiger charge is 2.30. The number of nitrogens with one attached hydrogen (secondary N) is 3. The lowest BCUT2D eigenvalue weighted by Crippen LogP contribution is -2.45. The number of halogens is 1. The summed E-state index contributed by atoms with van der Waals surface area (Å²) in [6, 6.07) is 12.2. The molecule has 6 nitrogen and oxygen atoms in total. The van der Waals surface area contributed by atoms with Crippen molar-refractivity contribution in [3.05, 3.63) is 65.0 Å². The molecule has 3 N–H and O–H groups in total. The summed E-state index contributed by atoms with van der Waals surface area (Å²) in [5.74, 6) is 0.500. The molecule has 1 saturated carbocycles. The van der Waals surface area contributed by atoms with Crippen molar-refractivity contribution < 1.29 is 18.7 Å². The number of carbonyl (C=O) groups excluding carboxylic acids is 2. The van der Waals surface area contributed by atoms with Crippen LogP contribution in [0.25, 0.3) is 0 Å². The molecule has 2 aliphatic rings. The average Bonchev–Trinajstić information content (AvgIpc) is 2.84. The lowest BCUT2D eigenvalue weighted by atomic mass is 9.84. The predicted octanol–water partition coefficient (Wildman–Crippen LogP) is 4.39. The minimum Gasteiger partial charge on any atom is -0.497 e. The summed E-state index contributed by atoms with van der Waals surface area (Å²) in [4.78, 5) is 25.2. The SMILES string of the molecule is COc1ccc(CNC(=O)NC2CCC(C(=O)N[C@H]3CCCc4ccc(F)cc43)CC2)cc1. The first-order chi connectivity index (χ1) is 16.0. The molecule has 0 spiro atoms. The number of methoxy groups -OCH3 is 1. The topological polar surface area (TPSA) is 79.5 Å². The number of amides is 3. The Balaban J connectivity index is 1.21. The van der Waals surface area contributed by atoms with Gasteiger partial charge in [-0.1, -0.05) is 18.2 Å². The Morgan fingerprint density at radius 1 is 1.00 bits per heavy atom. The van der Waals surface area contributed by atoms with Gasteiger partial charge in [0.2, 0.25) is 5.91 Å². The third kappa shape index (κ3) is 6.03. The second kappa shape index (κ2) is 10.7. The molecule has 0 saturated heterocycles. The van der Waals surface area contributed by atoms with E-state index < -0.39 is 0 Å². The Labute approximate surface area is 194 Å². The van der Waals surface area contributed by atoms with Crippen LogP contribution in [0.2, 0.25) is 0 Å². The zero-order valence-corrected chi connectivity index (χ0v) is 19.0. The summed E-state index contributed by atoms with van der Waals surface area (Å²) in [5.41, 5.74) is 3.04. The predicted molar refractivity (Wildman–Crippen MR) is 124 cm³/mol. The summed E-state index contributed by atoms with van der Waals surface area (Å²) in [7, 11) is 1.62. The molecule has 0 bridgehead atoms. The zero-order chi connectivity index (χ0) is 23.2. The van der Waals surface area contributed by atoms with Crippen LogP contribution in [0.3, 0.4) is 0 Å². The molecule has 0 radical (unpaired) electrons. The Kier molecular flexibility index (Phi) is 7.47. The Hall–Kier alpha value is -3.09. The van der Waals surface area contributed by atoms with Gasteiger partial charge in [-0.25, -0.2) is 9.18 Å². The van der Waals surface area contributed by atoms with E-state index in [4.69, 9.17) is 4.74 Å². The van der Waals surface area contributed by atoms with Crippen molar-refractivity contribution in [3.63, 3.8) is 0 Å². The minimum absolute atomic E-state index is 0.0412. The second-order valence-corrected chi connectivity index (χ2v) is 9.02. The van der Waals surface area contributed by atoms with E-state index >= 15 is 0 Å². The van der Waals surface area contributed by atoms with Crippen molar-refractivity contribution in [2.75, 3.05) is 7.11 Å². The van der Waals surface area contributed by atoms with Crippen molar-refractivity contribution in [2.45, 2.75) is 63.6 Å². The van der Waals surface area contributed by atoms with Gasteiger partial charge in [-0.3, -0.25) is 4.79 Å². The molecule has 2 aliphatic carbocycles. The van der Waals surface area contributed by atoms with Crippen LogP contribution in [0.15, 0.2) is 42.5 Å². The maximum absolute atomic E-state index is 13.7. The highest BCUT2D eigenvalue weighted by molar-refractivity contribution is 5.79. The van der Waals surface area contributed by atoms with Crippen molar-refractivity contribution in [1.29, 1.82) is 0 Å². The van der Waals surface area contributed by atoms with Crippen LogP contribution in [0.4, 0.5) is 9.18 Å².